The molecule has 2 aromatic rings. The van der Waals surface area contributed by atoms with E-state index in [0.717, 1.165) is 13.6 Å². The van der Waals surface area contributed by atoms with Gasteiger partial charge in [-0.3, -0.25) is 4.79 Å². The molecule has 4 nitrogen and oxygen atoms in total. The molecule has 0 aromatic heterocycles. The molecule has 0 saturated heterocycles. The fraction of sp³-hybridized carbons (Fsp3) is 0.0667. The molecule has 0 heterocycles. The summed E-state index contributed by atoms with van der Waals surface area (Å²) in [6, 6.07) is 12.7. The molecular weight excluding hydrogens is 447 g/mol. The molecule has 2 rings (SSSR count). The first-order valence-electron chi connectivity index (χ1n) is 6.09. The minimum atomic E-state index is -0.210. The lowest BCUT2D eigenvalue weighted by Crippen LogP contribution is -2.19. The fourth-order valence-electron chi connectivity index (χ4n) is 1.63. The molecule has 21 heavy (non-hydrogen) atoms. The zero-order valence-corrected chi connectivity index (χ0v) is 14.6. The Kier molecular flexibility index (Phi) is 5.75. The molecule has 108 valence electrons. The molecule has 0 aliphatic heterocycles. The number of hydrazone groups is 1. The van der Waals surface area contributed by atoms with Crippen molar-refractivity contribution in [2.45, 2.75) is 6.42 Å². The average molecular weight is 459 g/mol. The van der Waals surface area contributed by atoms with Crippen molar-refractivity contribution in [2.24, 2.45) is 5.10 Å². The van der Waals surface area contributed by atoms with Crippen LogP contribution in [0, 0.1) is 3.57 Å². The van der Waals surface area contributed by atoms with Gasteiger partial charge in [-0.05, 0) is 58.5 Å². The van der Waals surface area contributed by atoms with Crippen LogP contribution in [0.2, 0.25) is 0 Å². The zero-order valence-electron chi connectivity index (χ0n) is 10.9. The molecule has 2 N–H and O–H groups in total. The Morgan fingerprint density at radius 2 is 2.00 bits per heavy atom. The van der Waals surface area contributed by atoms with Gasteiger partial charge in [0.25, 0.3) is 0 Å². The molecule has 0 aliphatic rings. The smallest absolute Gasteiger partial charge is 0.244 e. The molecule has 0 aliphatic carbocycles. The first-order chi connectivity index (χ1) is 10.0. The first kappa shape index (κ1) is 16.0. The molecule has 0 radical (unpaired) electrons. The van der Waals surface area contributed by atoms with Crippen molar-refractivity contribution in [3.8, 4) is 5.75 Å². The lowest BCUT2D eigenvalue weighted by molar-refractivity contribution is -0.120. The van der Waals surface area contributed by atoms with E-state index in [1.807, 2.05) is 24.3 Å². The maximum Gasteiger partial charge on any atom is 0.244 e. The Labute approximate surface area is 144 Å². The number of phenolic OH excluding ortho intramolecular Hbond substituents is 1. The minimum absolute atomic E-state index is 0.126. The van der Waals surface area contributed by atoms with Crippen LogP contribution in [0.3, 0.4) is 0 Å². The predicted octanol–water partition coefficient (Wildman–Crippen LogP) is 3.45. The number of hydrogen-bond acceptors (Lipinski definition) is 3. The predicted molar refractivity (Wildman–Crippen MR) is 94.4 cm³/mol. The van der Waals surface area contributed by atoms with Crippen molar-refractivity contribution in [3.05, 3.63) is 61.6 Å². The van der Waals surface area contributed by atoms with E-state index in [9.17, 15) is 9.90 Å². The highest BCUT2D eigenvalue weighted by Crippen LogP contribution is 2.17. The third-order valence-corrected chi connectivity index (χ3v) is 3.86. The second-order valence-corrected chi connectivity index (χ2v) is 6.46. The van der Waals surface area contributed by atoms with E-state index in [1.165, 1.54) is 6.21 Å². The first-order valence-corrected chi connectivity index (χ1v) is 7.96. The number of nitrogens with one attached hydrogen (secondary N) is 1. The summed E-state index contributed by atoms with van der Waals surface area (Å²) >= 11 is 5.48. The molecule has 0 bridgehead atoms. The second kappa shape index (κ2) is 7.56. The van der Waals surface area contributed by atoms with Gasteiger partial charge in [0.05, 0.1) is 12.6 Å². The summed E-state index contributed by atoms with van der Waals surface area (Å²) in [7, 11) is 0. The van der Waals surface area contributed by atoms with Crippen LogP contribution in [0.15, 0.2) is 52.0 Å². The zero-order chi connectivity index (χ0) is 15.2. The summed E-state index contributed by atoms with van der Waals surface area (Å²) in [6.07, 6.45) is 1.68. The van der Waals surface area contributed by atoms with E-state index >= 15 is 0 Å². The Balaban J connectivity index is 1.93. The summed E-state index contributed by atoms with van der Waals surface area (Å²) < 4.78 is 1.95. The van der Waals surface area contributed by atoms with Crippen LogP contribution in [0.5, 0.6) is 5.75 Å². The van der Waals surface area contributed by atoms with Crippen LogP contribution in [-0.4, -0.2) is 17.2 Å². The van der Waals surface area contributed by atoms with Gasteiger partial charge in [-0.15, -0.1) is 0 Å². The van der Waals surface area contributed by atoms with Gasteiger partial charge in [-0.2, -0.15) is 5.10 Å². The normalized spacial score (nSPS) is 10.8. The van der Waals surface area contributed by atoms with Gasteiger partial charge in [-0.25, -0.2) is 5.43 Å². The molecule has 0 atom stereocenters. The van der Waals surface area contributed by atoms with Crippen LogP contribution < -0.4 is 5.43 Å². The lowest BCUT2D eigenvalue weighted by Gasteiger charge is -2.02. The maximum absolute atomic E-state index is 11.7. The van der Waals surface area contributed by atoms with Crippen molar-refractivity contribution in [2.75, 3.05) is 0 Å². The molecule has 0 fully saturated rings. The van der Waals surface area contributed by atoms with Crippen LogP contribution in [-0.2, 0) is 11.2 Å². The standard InChI is InChI=1S/C15H12BrIN2O2/c16-12-3-1-10(2-4-12)7-15(21)19-18-9-11-8-13(17)5-6-14(11)20/h1-6,8-9,20H,7H2,(H,19,21)/b18-9-. The third kappa shape index (κ3) is 5.13. The monoisotopic (exact) mass is 458 g/mol. The molecule has 1 amide bonds. The number of phenols is 1. The number of carbonyl (C=O) groups excluding carboxylic acids is 1. The van der Waals surface area contributed by atoms with E-state index < -0.39 is 0 Å². The Bertz CT molecular complexity index is 672. The summed E-state index contributed by atoms with van der Waals surface area (Å²) in [5, 5.41) is 13.5. The number of aromatic hydroxyl groups is 1. The Morgan fingerprint density at radius 1 is 1.29 bits per heavy atom. The summed E-state index contributed by atoms with van der Waals surface area (Å²) in [4.78, 5) is 11.7. The molecule has 2 aromatic carbocycles. The quantitative estimate of drug-likeness (QED) is 0.418. The van der Waals surface area contributed by atoms with Gasteiger partial charge in [0.15, 0.2) is 0 Å². The van der Waals surface area contributed by atoms with Gasteiger partial charge in [-0.1, -0.05) is 28.1 Å². The van der Waals surface area contributed by atoms with E-state index in [2.05, 4.69) is 49.0 Å². The average Bonchev–Trinajstić information content (AvgIpc) is 2.45. The van der Waals surface area contributed by atoms with Crippen LogP contribution in [0.25, 0.3) is 0 Å². The van der Waals surface area contributed by atoms with E-state index in [0.29, 0.717) is 5.56 Å². The van der Waals surface area contributed by atoms with Crippen molar-refractivity contribution in [3.63, 3.8) is 0 Å². The van der Waals surface area contributed by atoms with Crippen molar-refractivity contribution < 1.29 is 9.90 Å². The minimum Gasteiger partial charge on any atom is -0.507 e. The largest absolute Gasteiger partial charge is 0.507 e. The lowest BCUT2D eigenvalue weighted by atomic mass is 10.1. The molecule has 0 unspecified atom stereocenters. The number of carbonyl (C=O) groups is 1. The molecular formula is C15H12BrIN2O2. The topological polar surface area (TPSA) is 61.7 Å². The van der Waals surface area contributed by atoms with E-state index in [1.54, 1.807) is 18.2 Å². The molecule has 6 heteroatoms. The maximum atomic E-state index is 11.7. The van der Waals surface area contributed by atoms with E-state index in [-0.39, 0.29) is 18.1 Å². The number of halogens is 2. The molecule has 0 spiro atoms. The SMILES string of the molecule is O=C(Cc1ccc(Br)cc1)N/N=C\c1cc(I)ccc1O. The summed E-state index contributed by atoms with van der Waals surface area (Å²) in [5.41, 5.74) is 3.91. The third-order valence-electron chi connectivity index (χ3n) is 2.66. The van der Waals surface area contributed by atoms with Crippen LogP contribution >= 0.6 is 38.5 Å². The van der Waals surface area contributed by atoms with Gasteiger partial charge in [0.1, 0.15) is 5.75 Å². The number of amides is 1. The number of benzene rings is 2. The molecule has 0 saturated carbocycles. The summed E-state index contributed by atoms with van der Waals surface area (Å²) in [5.74, 6) is -0.0833. The van der Waals surface area contributed by atoms with Crippen molar-refractivity contribution in [1.29, 1.82) is 0 Å². The number of hydrogen-bond donors (Lipinski definition) is 2. The highest BCUT2D eigenvalue weighted by molar-refractivity contribution is 14.1. The number of rotatable bonds is 4. The van der Waals surface area contributed by atoms with Crippen molar-refractivity contribution in [1.82, 2.24) is 5.43 Å². The fourth-order valence-corrected chi connectivity index (χ4v) is 2.41. The highest BCUT2D eigenvalue weighted by atomic mass is 127. The van der Waals surface area contributed by atoms with Crippen molar-refractivity contribution >= 4 is 50.6 Å². The van der Waals surface area contributed by atoms with Gasteiger partial charge in [0.2, 0.25) is 5.91 Å². The van der Waals surface area contributed by atoms with E-state index in [4.69, 9.17) is 0 Å². The Hall–Kier alpha value is -1.41. The van der Waals surface area contributed by atoms with Crippen LogP contribution in [0.1, 0.15) is 11.1 Å². The van der Waals surface area contributed by atoms with Gasteiger partial charge >= 0.3 is 0 Å². The summed E-state index contributed by atoms with van der Waals surface area (Å²) in [6.45, 7) is 0. The van der Waals surface area contributed by atoms with Gasteiger partial charge in [0, 0.05) is 13.6 Å². The number of nitrogens with zero attached hydrogens (tertiary/aromatic N) is 1. The Morgan fingerprint density at radius 3 is 2.71 bits per heavy atom. The van der Waals surface area contributed by atoms with Crippen LogP contribution in [0.4, 0.5) is 0 Å². The second-order valence-electron chi connectivity index (χ2n) is 4.30. The highest BCUT2D eigenvalue weighted by Gasteiger charge is 2.02. The van der Waals surface area contributed by atoms with Gasteiger partial charge < -0.3 is 5.11 Å².